The molecule has 0 bridgehead atoms. The molecule has 2 N–H and O–H groups in total. The second-order valence-corrected chi connectivity index (χ2v) is 6.57. The Hall–Kier alpha value is -1.16. The van der Waals surface area contributed by atoms with Crippen LogP contribution in [-0.4, -0.2) is 29.2 Å². The Morgan fingerprint density at radius 1 is 1.38 bits per heavy atom. The van der Waals surface area contributed by atoms with Gasteiger partial charge in [0.1, 0.15) is 0 Å². The van der Waals surface area contributed by atoms with Crippen LogP contribution >= 0.6 is 35.3 Å². The van der Waals surface area contributed by atoms with Gasteiger partial charge in [0.05, 0.1) is 12.6 Å². The quantitative estimate of drug-likeness (QED) is 0.372. The van der Waals surface area contributed by atoms with Crippen LogP contribution in [0.2, 0.25) is 0 Å². The number of halogens is 1. The Balaban J connectivity index is 0.00000288. The van der Waals surface area contributed by atoms with Crippen molar-refractivity contribution in [3.8, 4) is 0 Å². The number of guanidine groups is 1. The highest BCUT2D eigenvalue weighted by Crippen LogP contribution is 2.17. The van der Waals surface area contributed by atoms with Gasteiger partial charge in [-0.3, -0.25) is 4.99 Å². The van der Waals surface area contributed by atoms with Crippen LogP contribution in [0.5, 0.6) is 0 Å². The Morgan fingerprint density at radius 2 is 2.17 bits per heavy atom. The number of aliphatic imine (C=N–C) groups is 1. The van der Waals surface area contributed by atoms with E-state index in [-0.39, 0.29) is 35.9 Å². The van der Waals surface area contributed by atoms with Gasteiger partial charge in [0.25, 0.3) is 0 Å². The van der Waals surface area contributed by atoms with E-state index in [0.29, 0.717) is 18.9 Å². The smallest absolute Gasteiger partial charge is 0.228 e. The van der Waals surface area contributed by atoms with E-state index in [1.807, 2.05) is 13.8 Å². The third kappa shape index (κ3) is 6.39. The Kier molecular flexibility index (Phi) is 9.27. The first-order chi connectivity index (χ1) is 11.1. The summed E-state index contributed by atoms with van der Waals surface area (Å²) in [4.78, 5) is 10.2. The van der Waals surface area contributed by atoms with E-state index in [1.165, 1.54) is 4.88 Å². The normalized spacial score (nSPS) is 12.8. The molecule has 6 nitrogen and oxygen atoms in total. The molecular formula is C16H26IN5OS. The van der Waals surface area contributed by atoms with Gasteiger partial charge in [0.2, 0.25) is 5.89 Å². The number of nitrogens with zero attached hydrogens (tertiary/aromatic N) is 3. The summed E-state index contributed by atoms with van der Waals surface area (Å²) in [6.07, 6.45) is 0.643. The molecule has 0 aliphatic heterocycles. The lowest BCUT2D eigenvalue weighted by atomic mass is 10.2. The first kappa shape index (κ1) is 20.9. The fourth-order valence-electron chi connectivity index (χ4n) is 2.00. The lowest BCUT2D eigenvalue weighted by Crippen LogP contribution is -2.38. The average Bonchev–Trinajstić information content (AvgIpc) is 3.19. The summed E-state index contributed by atoms with van der Waals surface area (Å²) in [5.41, 5.74) is 0. The topological polar surface area (TPSA) is 75.3 Å². The summed E-state index contributed by atoms with van der Waals surface area (Å²) in [5.74, 6) is 2.47. The molecule has 0 aliphatic rings. The highest BCUT2D eigenvalue weighted by Gasteiger charge is 2.10. The predicted octanol–water partition coefficient (Wildman–Crippen LogP) is 3.73. The molecule has 1 atom stereocenters. The van der Waals surface area contributed by atoms with Gasteiger partial charge in [0, 0.05) is 23.8 Å². The fourth-order valence-corrected chi connectivity index (χ4v) is 2.74. The molecule has 0 saturated carbocycles. The van der Waals surface area contributed by atoms with Crippen LogP contribution < -0.4 is 10.6 Å². The third-order valence-corrected chi connectivity index (χ3v) is 4.32. The lowest BCUT2D eigenvalue weighted by molar-refractivity contribution is 0.372. The van der Waals surface area contributed by atoms with Gasteiger partial charge in [-0.25, -0.2) is 0 Å². The van der Waals surface area contributed by atoms with Gasteiger partial charge in [-0.05, 0) is 25.3 Å². The number of thiophene rings is 1. The van der Waals surface area contributed by atoms with Gasteiger partial charge in [0.15, 0.2) is 11.8 Å². The van der Waals surface area contributed by atoms with E-state index in [2.05, 4.69) is 57.1 Å². The molecule has 0 aromatic carbocycles. The first-order valence-corrected chi connectivity index (χ1v) is 8.88. The van der Waals surface area contributed by atoms with Crippen LogP contribution in [0, 0.1) is 0 Å². The van der Waals surface area contributed by atoms with Crippen molar-refractivity contribution in [2.45, 2.75) is 46.1 Å². The van der Waals surface area contributed by atoms with Crippen molar-refractivity contribution in [1.29, 1.82) is 0 Å². The highest BCUT2D eigenvalue weighted by atomic mass is 127. The Morgan fingerprint density at radius 3 is 2.75 bits per heavy atom. The van der Waals surface area contributed by atoms with Crippen LogP contribution in [0.15, 0.2) is 27.0 Å². The van der Waals surface area contributed by atoms with Crippen LogP contribution in [0.1, 0.15) is 56.2 Å². The second-order valence-electron chi connectivity index (χ2n) is 5.59. The van der Waals surface area contributed by atoms with E-state index in [0.717, 1.165) is 18.3 Å². The van der Waals surface area contributed by atoms with E-state index in [9.17, 15) is 0 Å². The van der Waals surface area contributed by atoms with Crippen molar-refractivity contribution in [3.63, 3.8) is 0 Å². The lowest BCUT2D eigenvalue weighted by Gasteiger charge is -2.16. The van der Waals surface area contributed by atoms with Gasteiger partial charge >= 0.3 is 0 Å². The predicted molar refractivity (Wildman–Crippen MR) is 109 cm³/mol. The van der Waals surface area contributed by atoms with E-state index < -0.39 is 0 Å². The molecule has 134 valence electrons. The summed E-state index contributed by atoms with van der Waals surface area (Å²) in [6.45, 7) is 9.71. The maximum absolute atomic E-state index is 5.24. The standard InChI is InChI=1S/C16H25N5OS.HI/c1-5-17-16(19-12(4)13-7-6-10-23-13)18-9-8-14-20-15(11(2)3)21-22-14;/h6-7,10-12H,5,8-9H2,1-4H3,(H2,17,18,19);1H. The molecule has 0 radical (unpaired) electrons. The van der Waals surface area contributed by atoms with Gasteiger partial charge in [-0.2, -0.15) is 4.98 Å². The minimum atomic E-state index is 0. The maximum Gasteiger partial charge on any atom is 0.228 e. The third-order valence-electron chi connectivity index (χ3n) is 3.26. The van der Waals surface area contributed by atoms with Crippen LogP contribution in [0.3, 0.4) is 0 Å². The van der Waals surface area contributed by atoms with Crippen LogP contribution in [0.4, 0.5) is 0 Å². The zero-order valence-corrected chi connectivity index (χ0v) is 17.7. The van der Waals surface area contributed by atoms with E-state index in [1.54, 1.807) is 11.3 Å². The zero-order chi connectivity index (χ0) is 16.7. The van der Waals surface area contributed by atoms with Crippen molar-refractivity contribution in [2.24, 2.45) is 4.99 Å². The summed E-state index contributed by atoms with van der Waals surface area (Å²) in [7, 11) is 0. The van der Waals surface area contributed by atoms with Crippen molar-refractivity contribution in [2.75, 3.05) is 13.1 Å². The second kappa shape index (κ2) is 10.7. The SMILES string of the molecule is CCNC(=NCCc1nc(C(C)C)no1)NC(C)c1cccs1.I. The summed E-state index contributed by atoms with van der Waals surface area (Å²) >= 11 is 1.74. The molecule has 2 aromatic heterocycles. The number of hydrogen-bond donors (Lipinski definition) is 2. The maximum atomic E-state index is 5.24. The van der Waals surface area contributed by atoms with Gasteiger partial charge in [-0.1, -0.05) is 25.1 Å². The van der Waals surface area contributed by atoms with Crippen molar-refractivity contribution < 1.29 is 4.52 Å². The number of rotatable bonds is 7. The number of aromatic nitrogens is 2. The Bertz CT molecular complexity index is 612. The summed E-state index contributed by atoms with van der Waals surface area (Å²) in [6, 6.07) is 4.41. The molecule has 2 aromatic rings. The highest BCUT2D eigenvalue weighted by molar-refractivity contribution is 14.0. The van der Waals surface area contributed by atoms with Crippen molar-refractivity contribution in [1.82, 2.24) is 20.8 Å². The first-order valence-electron chi connectivity index (χ1n) is 8.00. The molecule has 0 aliphatic carbocycles. The van der Waals surface area contributed by atoms with Crippen LogP contribution in [-0.2, 0) is 6.42 Å². The minimum absolute atomic E-state index is 0. The minimum Gasteiger partial charge on any atom is -0.357 e. The number of hydrogen-bond acceptors (Lipinski definition) is 5. The van der Waals surface area contributed by atoms with Crippen LogP contribution in [0.25, 0.3) is 0 Å². The van der Waals surface area contributed by atoms with E-state index in [4.69, 9.17) is 4.52 Å². The molecule has 0 fully saturated rings. The fraction of sp³-hybridized carbons (Fsp3) is 0.562. The summed E-state index contributed by atoms with van der Waals surface area (Å²) < 4.78 is 5.24. The number of nitrogens with one attached hydrogen (secondary N) is 2. The zero-order valence-electron chi connectivity index (χ0n) is 14.6. The molecule has 0 spiro atoms. The molecule has 8 heteroatoms. The van der Waals surface area contributed by atoms with Crippen molar-refractivity contribution >= 4 is 41.3 Å². The monoisotopic (exact) mass is 463 g/mol. The molecule has 24 heavy (non-hydrogen) atoms. The summed E-state index contributed by atoms with van der Waals surface area (Å²) in [5, 5.41) is 12.7. The largest absolute Gasteiger partial charge is 0.357 e. The van der Waals surface area contributed by atoms with Gasteiger partial charge in [-0.15, -0.1) is 35.3 Å². The van der Waals surface area contributed by atoms with Gasteiger partial charge < -0.3 is 15.2 Å². The molecule has 2 heterocycles. The van der Waals surface area contributed by atoms with Crippen molar-refractivity contribution in [3.05, 3.63) is 34.1 Å². The average molecular weight is 463 g/mol. The molecule has 0 saturated heterocycles. The molecule has 0 amide bonds. The molecule has 2 rings (SSSR count). The molecule has 1 unspecified atom stereocenters. The molecular weight excluding hydrogens is 437 g/mol. The van der Waals surface area contributed by atoms with E-state index >= 15 is 0 Å². The Labute approximate surface area is 164 Å².